The highest BCUT2D eigenvalue weighted by Crippen LogP contribution is 2.28. The normalized spacial score (nSPS) is 14.9. The molecule has 0 heterocycles. The maximum absolute atomic E-state index is 5.58. The number of hydrogen-bond donors (Lipinski definition) is 0. The lowest BCUT2D eigenvalue weighted by Gasteiger charge is -2.22. The molecule has 0 fully saturated rings. The molecular formula is C26H51. The molecule has 0 aromatic heterocycles. The Morgan fingerprint density at radius 3 is 1.81 bits per heavy atom. The molecule has 3 unspecified atom stereocenters. The zero-order valence-electron chi connectivity index (χ0n) is 18.9. The summed E-state index contributed by atoms with van der Waals surface area (Å²) in [5.74, 6) is 2.80. The van der Waals surface area contributed by atoms with Crippen molar-refractivity contribution in [2.24, 2.45) is 17.8 Å². The molecule has 0 saturated heterocycles. The smallest absolute Gasteiger partial charge is 0.0345 e. The van der Waals surface area contributed by atoms with E-state index >= 15 is 0 Å². The predicted molar refractivity (Wildman–Crippen MR) is 121 cm³/mol. The highest BCUT2D eigenvalue weighted by molar-refractivity contribution is 4.71. The zero-order valence-corrected chi connectivity index (χ0v) is 18.9. The van der Waals surface area contributed by atoms with E-state index < -0.39 is 0 Å². The van der Waals surface area contributed by atoms with Crippen molar-refractivity contribution in [3.63, 3.8) is 0 Å². The minimum Gasteiger partial charge on any atom is -0.0845 e. The molecular weight excluding hydrogens is 312 g/mol. The lowest BCUT2D eigenvalue weighted by Crippen LogP contribution is -2.09. The van der Waals surface area contributed by atoms with E-state index in [2.05, 4.69) is 27.7 Å². The highest BCUT2D eigenvalue weighted by atomic mass is 14.2. The molecule has 0 aromatic rings. The third kappa shape index (κ3) is 16.0. The Kier molecular flexibility index (Phi) is 19.3. The first-order valence-corrected chi connectivity index (χ1v) is 12.2. The number of rotatable bonds is 20. The summed E-state index contributed by atoms with van der Waals surface area (Å²) in [5, 5.41) is 0. The number of hydrogen-bond acceptors (Lipinski definition) is 0. The minimum absolute atomic E-state index is 0.889. The van der Waals surface area contributed by atoms with Crippen molar-refractivity contribution < 1.29 is 0 Å². The van der Waals surface area contributed by atoms with Crippen LogP contribution in [0.2, 0.25) is 0 Å². The van der Waals surface area contributed by atoms with E-state index in [1.54, 1.807) is 0 Å². The van der Waals surface area contributed by atoms with Gasteiger partial charge >= 0.3 is 0 Å². The quantitative estimate of drug-likeness (QED) is 0.189. The molecule has 0 saturated carbocycles. The number of unbranched alkanes of at least 4 members (excludes halogenated alkanes) is 6. The molecule has 3 atom stereocenters. The Labute approximate surface area is 167 Å². The van der Waals surface area contributed by atoms with Crippen molar-refractivity contribution >= 4 is 0 Å². The van der Waals surface area contributed by atoms with Gasteiger partial charge in [-0.2, -0.15) is 0 Å². The molecule has 0 bridgehead atoms. The fourth-order valence-corrected chi connectivity index (χ4v) is 4.42. The molecule has 0 aliphatic carbocycles. The van der Waals surface area contributed by atoms with Crippen molar-refractivity contribution in [3.05, 3.63) is 12.7 Å². The SMILES string of the molecule is [CH]=CCCC(CC)CC(CCC)CCCCCCC(C)CCCCCC. The van der Waals surface area contributed by atoms with Gasteiger partial charge in [0, 0.05) is 0 Å². The molecule has 0 heteroatoms. The van der Waals surface area contributed by atoms with Crippen LogP contribution in [-0.2, 0) is 0 Å². The molecule has 0 amide bonds. The van der Waals surface area contributed by atoms with E-state index in [1.807, 2.05) is 6.08 Å². The standard InChI is InChI=1S/C26H51/c1-6-10-12-15-19-24(5)20-16-13-14-17-22-26(18-8-3)23-25(9-4)21-11-7-2/h2,7,24-26H,6,8-23H2,1,3-5H3. The second-order valence-electron chi connectivity index (χ2n) is 8.92. The molecule has 0 aromatic carbocycles. The van der Waals surface area contributed by atoms with Gasteiger partial charge in [0.05, 0.1) is 0 Å². The summed E-state index contributed by atoms with van der Waals surface area (Å²) in [7, 11) is 0. The predicted octanol–water partition coefficient (Wildman–Crippen LogP) is 9.54. The van der Waals surface area contributed by atoms with Crippen molar-refractivity contribution in [2.75, 3.05) is 0 Å². The molecule has 0 aliphatic rings. The van der Waals surface area contributed by atoms with Gasteiger partial charge in [0.25, 0.3) is 0 Å². The summed E-state index contributed by atoms with van der Waals surface area (Å²) in [5.41, 5.74) is 0. The van der Waals surface area contributed by atoms with Gasteiger partial charge in [-0.3, -0.25) is 0 Å². The van der Waals surface area contributed by atoms with E-state index in [4.69, 9.17) is 6.58 Å². The van der Waals surface area contributed by atoms with Crippen LogP contribution in [0.4, 0.5) is 0 Å². The first-order valence-electron chi connectivity index (χ1n) is 12.2. The summed E-state index contributed by atoms with van der Waals surface area (Å²) in [6.07, 6.45) is 25.6. The Hall–Kier alpha value is -0.260. The van der Waals surface area contributed by atoms with Gasteiger partial charge in [-0.05, 0) is 37.0 Å². The van der Waals surface area contributed by atoms with Crippen LogP contribution < -0.4 is 0 Å². The fourth-order valence-electron chi connectivity index (χ4n) is 4.42. The van der Waals surface area contributed by atoms with Crippen molar-refractivity contribution in [1.29, 1.82) is 0 Å². The van der Waals surface area contributed by atoms with Crippen LogP contribution in [0.3, 0.4) is 0 Å². The summed E-state index contributed by atoms with van der Waals surface area (Å²) in [6.45, 7) is 15.1. The van der Waals surface area contributed by atoms with Gasteiger partial charge in [0.2, 0.25) is 0 Å². The van der Waals surface area contributed by atoms with Crippen LogP contribution in [0, 0.1) is 24.3 Å². The number of allylic oxidation sites excluding steroid dienone is 1. The van der Waals surface area contributed by atoms with Gasteiger partial charge in [-0.25, -0.2) is 0 Å². The maximum Gasteiger partial charge on any atom is -0.0345 e. The molecule has 155 valence electrons. The molecule has 1 radical (unpaired) electrons. The first kappa shape index (κ1) is 25.7. The zero-order chi connectivity index (χ0) is 19.5. The van der Waals surface area contributed by atoms with Crippen LogP contribution in [0.15, 0.2) is 6.08 Å². The van der Waals surface area contributed by atoms with Crippen molar-refractivity contribution in [3.8, 4) is 0 Å². The van der Waals surface area contributed by atoms with E-state index in [-0.39, 0.29) is 0 Å². The Balaban J connectivity index is 3.77. The molecule has 0 aliphatic heterocycles. The van der Waals surface area contributed by atoms with Crippen LogP contribution in [0.5, 0.6) is 0 Å². The maximum atomic E-state index is 5.58. The lowest BCUT2D eigenvalue weighted by atomic mass is 9.84. The summed E-state index contributed by atoms with van der Waals surface area (Å²) >= 11 is 0. The average molecular weight is 364 g/mol. The second kappa shape index (κ2) is 19.5. The van der Waals surface area contributed by atoms with Crippen LogP contribution in [0.25, 0.3) is 0 Å². The Bertz CT molecular complexity index is 280. The molecule has 0 nitrogen and oxygen atoms in total. The van der Waals surface area contributed by atoms with Crippen molar-refractivity contribution in [1.82, 2.24) is 0 Å². The minimum atomic E-state index is 0.889. The molecule has 0 N–H and O–H groups in total. The van der Waals surface area contributed by atoms with Crippen LogP contribution >= 0.6 is 0 Å². The average Bonchev–Trinajstić information content (AvgIpc) is 2.64. The Morgan fingerprint density at radius 2 is 1.27 bits per heavy atom. The highest BCUT2D eigenvalue weighted by Gasteiger charge is 2.14. The van der Waals surface area contributed by atoms with E-state index in [0.29, 0.717) is 0 Å². The van der Waals surface area contributed by atoms with E-state index in [9.17, 15) is 0 Å². The second-order valence-corrected chi connectivity index (χ2v) is 8.92. The topological polar surface area (TPSA) is 0 Å². The van der Waals surface area contributed by atoms with Gasteiger partial charge in [-0.15, -0.1) is 0 Å². The van der Waals surface area contributed by atoms with Gasteiger partial charge in [0.1, 0.15) is 0 Å². The third-order valence-corrected chi connectivity index (χ3v) is 6.29. The third-order valence-electron chi connectivity index (χ3n) is 6.29. The summed E-state index contributed by atoms with van der Waals surface area (Å²) < 4.78 is 0. The summed E-state index contributed by atoms with van der Waals surface area (Å²) in [4.78, 5) is 0. The van der Waals surface area contributed by atoms with Crippen LogP contribution in [0.1, 0.15) is 137 Å². The van der Waals surface area contributed by atoms with Gasteiger partial charge in [-0.1, -0.05) is 130 Å². The Morgan fingerprint density at radius 1 is 0.654 bits per heavy atom. The summed E-state index contributed by atoms with van der Waals surface area (Å²) in [6, 6.07) is 0. The largest absolute Gasteiger partial charge is 0.0845 e. The fraction of sp³-hybridized carbons (Fsp3) is 0.923. The molecule has 0 rings (SSSR count). The van der Waals surface area contributed by atoms with Crippen LogP contribution in [-0.4, -0.2) is 0 Å². The first-order chi connectivity index (χ1) is 12.7. The van der Waals surface area contributed by atoms with E-state index in [0.717, 1.165) is 24.2 Å². The van der Waals surface area contributed by atoms with Gasteiger partial charge in [0.15, 0.2) is 0 Å². The molecule has 26 heavy (non-hydrogen) atoms. The lowest BCUT2D eigenvalue weighted by molar-refractivity contribution is 0.305. The van der Waals surface area contributed by atoms with E-state index in [1.165, 1.54) is 103 Å². The molecule has 0 spiro atoms. The van der Waals surface area contributed by atoms with Crippen molar-refractivity contribution in [2.45, 2.75) is 137 Å². The monoisotopic (exact) mass is 363 g/mol. The van der Waals surface area contributed by atoms with Gasteiger partial charge < -0.3 is 0 Å².